The number of rotatable bonds is 7. The average Bonchev–Trinajstić information content (AvgIpc) is 3.34. The number of piperidine rings is 1. The van der Waals surface area contributed by atoms with Gasteiger partial charge in [-0.3, -0.25) is 14.1 Å². The van der Waals surface area contributed by atoms with Crippen molar-refractivity contribution in [2.75, 3.05) is 62.6 Å². The molecule has 2 aliphatic heterocycles. The van der Waals surface area contributed by atoms with Crippen LogP contribution in [0.4, 0.5) is 20.4 Å². The van der Waals surface area contributed by atoms with Crippen molar-refractivity contribution in [3.8, 4) is 17.6 Å². The highest BCUT2D eigenvalue weighted by Gasteiger charge is 2.28. The zero-order chi connectivity index (χ0) is 26.6. The largest absolute Gasteiger partial charge is 0.395 e. The number of amides is 1. The first-order chi connectivity index (χ1) is 18.5. The molecular weight excluding hydrogens is 496 g/mol. The van der Waals surface area contributed by atoms with E-state index in [2.05, 4.69) is 25.2 Å². The van der Waals surface area contributed by atoms with Crippen LogP contribution >= 0.6 is 0 Å². The van der Waals surface area contributed by atoms with Crippen LogP contribution in [0.3, 0.4) is 0 Å². The molecular formula is C25H29F2N9O2. The average molecular weight is 526 g/mol. The highest BCUT2D eigenvalue weighted by Crippen LogP contribution is 2.29. The van der Waals surface area contributed by atoms with Gasteiger partial charge in [-0.05, 0) is 25.0 Å². The number of fused-ring (bicyclic) bond motifs is 1. The van der Waals surface area contributed by atoms with Gasteiger partial charge in [-0.2, -0.15) is 9.65 Å². The summed E-state index contributed by atoms with van der Waals surface area (Å²) in [5.74, 6) is -1.01. The summed E-state index contributed by atoms with van der Waals surface area (Å²) in [5, 5.41) is 21.3. The Kier molecular flexibility index (Phi) is 7.62. The lowest BCUT2D eigenvalue weighted by Gasteiger charge is -2.36. The van der Waals surface area contributed by atoms with E-state index in [-0.39, 0.29) is 42.4 Å². The number of aliphatic hydroxyl groups is 1. The molecule has 200 valence electrons. The molecule has 38 heavy (non-hydrogen) atoms. The van der Waals surface area contributed by atoms with E-state index in [0.717, 1.165) is 0 Å². The van der Waals surface area contributed by atoms with E-state index in [1.807, 2.05) is 11.0 Å². The van der Waals surface area contributed by atoms with Gasteiger partial charge in [0.25, 0.3) is 0 Å². The summed E-state index contributed by atoms with van der Waals surface area (Å²) in [6, 6.07) is 4.47. The van der Waals surface area contributed by atoms with Gasteiger partial charge < -0.3 is 20.2 Å². The molecule has 3 aromatic rings. The Bertz CT molecular complexity index is 1350. The van der Waals surface area contributed by atoms with Crippen LogP contribution in [0.2, 0.25) is 0 Å². The van der Waals surface area contributed by atoms with Gasteiger partial charge in [-0.25, -0.2) is 19.3 Å². The summed E-state index contributed by atoms with van der Waals surface area (Å²) < 4.78 is 31.5. The molecule has 2 aliphatic rings. The molecule has 0 aliphatic carbocycles. The van der Waals surface area contributed by atoms with Crippen molar-refractivity contribution in [3.05, 3.63) is 36.2 Å². The number of nitriles is 1. The van der Waals surface area contributed by atoms with E-state index in [1.54, 1.807) is 4.90 Å². The number of imidazole rings is 1. The topological polar surface area (TPSA) is 126 Å². The van der Waals surface area contributed by atoms with Crippen molar-refractivity contribution in [1.29, 1.82) is 5.26 Å². The van der Waals surface area contributed by atoms with Crippen LogP contribution < -0.4 is 10.2 Å². The maximum absolute atomic E-state index is 15.9. The van der Waals surface area contributed by atoms with Crippen LogP contribution in [0.15, 0.2) is 24.5 Å². The molecule has 2 N–H and O–H groups in total. The summed E-state index contributed by atoms with van der Waals surface area (Å²) in [4.78, 5) is 31.2. The molecule has 2 fully saturated rings. The molecule has 0 saturated carbocycles. The van der Waals surface area contributed by atoms with Crippen LogP contribution in [0, 0.1) is 23.0 Å². The summed E-state index contributed by atoms with van der Waals surface area (Å²) in [5.41, 5.74) is 0.916. The van der Waals surface area contributed by atoms with Crippen molar-refractivity contribution >= 4 is 23.2 Å². The van der Waals surface area contributed by atoms with E-state index in [1.165, 1.54) is 28.9 Å². The number of piperazine rings is 1. The highest BCUT2D eigenvalue weighted by atomic mass is 19.1. The molecule has 5 heterocycles. The summed E-state index contributed by atoms with van der Waals surface area (Å²) in [7, 11) is 0. The fraction of sp³-hybridized carbons (Fsp3) is 0.480. The molecule has 0 unspecified atom stereocenters. The lowest BCUT2D eigenvalue weighted by molar-refractivity contribution is -0.131. The number of aromatic nitrogens is 4. The van der Waals surface area contributed by atoms with Gasteiger partial charge in [0.05, 0.1) is 18.9 Å². The van der Waals surface area contributed by atoms with Crippen molar-refractivity contribution in [2.24, 2.45) is 0 Å². The van der Waals surface area contributed by atoms with Gasteiger partial charge in [0, 0.05) is 58.1 Å². The van der Waals surface area contributed by atoms with Crippen LogP contribution in [-0.4, -0.2) is 98.6 Å². The second kappa shape index (κ2) is 11.2. The maximum Gasteiger partial charge on any atom is 0.236 e. The van der Waals surface area contributed by atoms with Crippen molar-refractivity contribution in [1.82, 2.24) is 29.2 Å². The third kappa shape index (κ3) is 5.36. The Morgan fingerprint density at radius 3 is 2.76 bits per heavy atom. The summed E-state index contributed by atoms with van der Waals surface area (Å²) in [6.45, 7) is 3.78. The first-order valence-corrected chi connectivity index (χ1v) is 12.7. The number of pyridine rings is 1. The smallest absolute Gasteiger partial charge is 0.236 e. The fourth-order valence-corrected chi connectivity index (χ4v) is 4.99. The predicted octanol–water partition coefficient (Wildman–Crippen LogP) is 1.50. The van der Waals surface area contributed by atoms with Gasteiger partial charge >= 0.3 is 0 Å². The lowest BCUT2D eigenvalue weighted by atomic mass is 10.1. The third-order valence-electron chi connectivity index (χ3n) is 6.97. The van der Waals surface area contributed by atoms with Gasteiger partial charge in [-0.1, -0.05) is 0 Å². The van der Waals surface area contributed by atoms with Crippen LogP contribution in [-0.2, 0) is 4.79 Å². The minimum Gasteiger partial charge on any atom is -0.395 e. The van der Waals surface area contributed by atoms with Gasteiger partial charge in [-0.15, -0.1) is 0 Å². The Morgan fingerprint density at radius 1 is 1.18 bits per heavy atom. The normalized spacial score (nSPS) is 18.5. The number of carbonyl (C=O) groups is 1. The van der Waals surface area contributed by atoms with E-state index < -0.39 is 11.6 Å². The van der Waals surface area contributed by atoms with Crippen LogP contribution in [0.5, 0.6) is 0 Å². The van der Waals surface area contributed by atoms with E-state index >= 15 is 4.39 Å². The molecule has 0 radical (unpaired) electrons. The lowest BCUT2D eigenvalue weighted by Crippen LogP contribution is -2.48. The van der Waals surface area contributed by atoms with Crippen LogP contribution in [0.25, 0.3) is 17.2 Å². The molecule has 3 aromatic heterocycles. The monoisotopic (exact) mass is 525 g/mol. The maximum atomic E-state index is 15.9. The quantitative estimate of drug-likeness (QED) is 0.472. The van der Waals surface area contributed by atoms with E-state index in [4.69, 9.17) is 5.26 Å². The molecule has 5 rings (SSSR count). The summed E-state index contributed by atoms with van der Waals surface area (Å²) >= 11 is 0. The summed E-state index contributed by atoms with van der Waals surface area (Å²) in [6.07, 6.45) is 4.02. The predicted molar refractivity (Wildman–Crippen MR) is 135 cm³/mol. The minimum absolute atomic E-state index is 0.00581. The Hall–Kier alpha value is -3.89. The molecule has 0 spiro atoms. The molecule has 11 nitrogen and oxygen atoms in total. The highest BCUT2D eigenvalue weighted by molar-refractivity contribution is 5.78. The molecule has 2 saturated heterocycles. The minimum atomic E-state index is -0.607. The third-order valence-corrected chi connectivity index (χ3v) is 6.97. The van der Waals surface area contributed by atoms with E-state index in [9.17, 15) is 14.3 Å². The number of halogens is 2. The van der Waals surface area contributed by atoms with Crippen molar-refractivity contribution in [2.45, 2.75) is 25.3 Å². The van der Waals surface area contributed by atoms with Gasteiger partial charge in [0.2, 0.25) is 11.7 Å². The number of aliphatic hydroxyl groups excluding tert-OH is 1. The standard InChI is InChI=1S/C25H29F2N9O2/c26-17-3-4-20-29-14-19(36(20)15-17)23-31-24(30-18-2-1-7-35(16-18)21(38)5-6-28)22(27)25(32-23)34-10-8-33(9-11-34)12-13-37/h3-4,14-15,18,37H,1-2,5,7-13,16H2,(H,30,31,32)/t18-/m1/s1. The second-order valence-electron chi connectivity index (χ2n) is 9.46. The number of hydrogen-bond acceptors (Lipinski definition) is 9. The van der Waals surface area contributed by atoms with Gasteiger partial charge in [0.1, 0.15) is 23.6 Å². The molecule has 0 aromatic carbocycles. The zero-order valence-electron chi connectivity index (χ0n) is 20.9. The number of nitrogens with zero attached hydrogens (tertiary/aromatic N) is 8. The zero-order valence-corrected chi connectivity index (χ0v) is 20.9. The Labute approximate surface area is 218 Å². The SMILES string of the molecule is N#CCC(=O)N1CCC[C@@H](Nc2nc(-c3cnc4ccc(F)cn34)nc(N3CCN(CCO)CC3)c2F)C1. The first kappa shape index (κ1) is 25.7. The molecule has 13 heteroatoms. The first-order valence-electron chi connectivity index (χ1n) is 12.7. The number of nitrogens with one attached hydrogen (secondary N) is 1. The molecule has 1 atom stereocenters. The van der Waals surface area contributed by atoms with E-state index in [0.29, 0.717) is 70.0 Å². The molecule has 0 bridgehead atoms. The number of likely N-dealkylation sites (tertiary alicyclic amines) is 1. The molecule has 1 amide bonds. The number of β-amino-alcohol motifs (C(OH)–C–C–N with tert-alkyl or cyclic N) is 1. The second-order valence-corrected chi connectivity index (χ2v) is 9.46. The Balaban J connectivity index is 1.49. The Morgan fingerprint density at radius 2 is 2.00 bits per heavy atom. The van der Waals surface area contributed by atoms with Crippen molar-refractivity contribution < 1.29 is 18.7 Å². The van der Waals surface area contributed by atoms with Crippen LogP contribution in [0.1, 0.15) is 19.3 Å². The number of hydrogen-bond donors (Lipinski definition) is 2. The number of anilines is 2. The fourth-order valence-electron chi connectivity index (χ4n) is 4.99. The number of carbonyl (C=O) groups excluding carboxylic acids is 1. The van der Waals surface area contributed by atoms with Crippen molar-refractivity contribution in [3.63, 3.8) is 0 Å². The van der Waals surface area contributed by atoms with Gasteiger partial charge in [0.15, 0.2) is 17.5 Å².